The number of nitrogens with one attached hydrogen (secondary N) is 3. The fourth-order valence-electron chi connectivity index (χ4n) is 3.77. The van der Waals surface area contributed by atoms with Crippen LogP contribution in [0.5, 0.6) is 0 Å². The third-order valence-electron chi connectivity index (χ3n) is 5.95. The van der Waals surface area contributed by atoms with E-state index in [4.69, 9.17) is 11.6 Å². The average molecular weight is 570 g/mol. The lowest BCUT2D eigenvalue weighted by Gasteiger charge is -2.13. The molecular weight excluding hydrogens is 542 g/mol. The lowest BCUT2D eigenvalue weighted by Crippen LogP contribution is -2.30. The minimum absolute atomic E-state index is 0.109. The molecule has 0 spiro atoms. The summed E-state index contributed by atoms with van der Waals surface area (Å²) in [5.41, 5.74) is 4.45. The van der Waals surface area contributed by atoms with Gasteiger partial charge in [0.15, 0.2) is 0 Å². The molecule has 8 heteroatoms. The maximum atomic E-state index is 13.4. The molecule has 3 amide bonds. The molecule has 0 aliphatic rings. The van der Waals surface area contributed by atoms with Crippen LogP contribution < -0.4 is 16.0 Å². The summed E-state index contributed by atoms with van der Waals surface area (Å²) < 4.78 is 0. The molecule has 0 bridgehead atoms. The molecule has 0 aromatic heterocycles. The Balaban J connectivity index is 1.46. The van der Waals surface area contributed by atoms with Gasteiger partial charge < -0.3 is 16.0 Å². The molecule has 3 N–H and O–H groups in total. The van der Waals surface area contributed by atoms with Crippen LogP contribution >= 0.6 is 23.4 Å². The van der Waals surface area contributed by atoms with E-state index in [0.717, 1.165) is 21.6 Å². The number of halogens is 1. The highest BCUT2D eigenvalue weighted by atomic mass is 35.5. The van der Waals surface area contributed by atoms with Crippen molar-refractivity contribution in [2.45, 2.75) is 18.7 Å². The number of carbonyl (C=O) groups excluding carboxylic acids is 3. The van der Waals surface area contributed by atoms with Gasteiger partial charge in [-0.1, -0.05) is 66.2 Å². The Labute approximate surface area is 242 Å². The molecule has 0 radical (unpaired) electrons. The van der Waals surface area contributed by atoms with Crippen molar-refractivity contribution in [1.82, 2.24) is 5.32 Å². The number of rotatable bonds is 9. The lowest BCUT2D eigenvalue weighted by atomic mass is 10.1. The molecule has 40 heavy (non-hydrogen) atoms. The van der Waals surface area contributed by atoms with Crippen molar-refractivity contribution in [2.75, 3.05) is 16.4 Å². The first-order chi connectivity index (χ1) is 19.3. The molecule has 4 aromatic carbocycles. The van der Waals surface area contributed by atoms with Gasteiger partial charge in [-0.25, -0.2) is 0 Å². The Bertz CT molecular complexity index is 1570. The summed E-state index contributed by atoms with van der Waals surface area (Å²) >= 11 is 7.39. The van der Waals surface area contributed by atoms with Gasteiger partial charge >= 0.3 is 0 Å². The largest absolute Gasteiger partial charge is 0.325 e. The maximum Gasteiger partial charge on any atom is 0.272 e. The fraction of sp³-hybridized carbons (Fsp3) is 0.0938. The molecule has 4 aromatic rings. The molecule has 0 aliphatic carbocycles. The molecule has 0 heterocycles. The zero-order valence-electron chi connectivity index (χ0n) is 22.0. The van der Waals surface area contributed by atoms with Gasteiger partial charge in [0, 0.05) is 26.9 Å². The van der Waals surface area contributed by atoms with Gasteiger partial charge in [0.05, 0.1) is 5.75 Å². The first-order valence-corrected chi connectivity index (χ1v) is 13.9. The van der Waals surface area contributed by atoms with Crippen LogP contribution in [0.1, 0.15) is 27.0 Å². The Morgan fingerprint density at radius 3 is 2.33 bits per heavy atom. The molecule has 0 unspecified atom stereocenters. The Morgan fingerprint density at radius 1 is 0.800 bits per heavy atom. The second kappa shape index (κ2) is 13.6. The van der Waals surface area contributed by atoms with Gasteiger partial charge in [0.25, 0.3) is 11.8 Å². The van der Waals surface area contributed by atoms with Crippen molar-refractivity contribution in [3.63, 3.8) is 0 Å². The second-order valence-electron chi connectivity index (χ2n) is 9.01. The molecule has 4 rings (SSSR count). The zero-order chi connectivity index (χ0) is 28.5. The van der Waals surface area contributed by atoms with Gasteiger partial charge in [-0.2, -0.15) is 0 Å². The van der Waals surface area contributed by atoms with Crippen LogP contribution in [0.15, 0.2) is 108 Å². The summed E-state index contributed by atoms with van der Waals surface area (Å²) in [5, 5.41) is 9.06. The van der Waals surface area contributed by atoms with Gasteiger partial charge in [0.2, 0.25) is 5.91 Å². The van der Waals surface area contributed by atoms with E-state index in [1.165, 1.54) is 11.8 Å². The zero-order valence-corrected chi connectivity index (χ0v) is 23.6. The highest BCUT2D eigenvalue weighted by Crippen LogP contribution is 2.24. The van der Waals surface area contributed by atoms with Crippen LogP contribution in [-0.4, -0.2) is 23.5 Å². The fourth-order valence-corrected chi connectivity index (χ4v) is 4.70. The van der Waals surface area contributed by atoms with E-state index in [2.05, 4.69) is 16.0 Å². The quantitative estimate of drug-likeness (QED) is 0.148. The van der Waals surface area contributed by atoms with Crippen LogP contribution in [0.25, 0.3) is 6.08 Å². The van der Waals surface area contributed by atoms with E-state index in [1.807, 2.05) is 56.3 Å². The smallest absolute Gasteiger partial charge is 0.272 e. The highest BCUT2D eigenvalue weighted by molar-refractivity contribution is 8.00. The molecule has 0 saturated carbocycles. The van der Waals surface area contributed by atoms with E-state index >= 15 is 0 Å². The molecule has 0 fully saturated rings. The van der Waals surface area contributed by atoms with E-state index in [9.17, 15) is 14.4 Å². The van der Waals surface area contributed by atoms with Crippen molar-refractivity contribution >= 4 is 58.5 Å². The summed E-state index contributed by atoms with van der Waals surface area (Å²) in [6.45, 7) is 3.83. The Hall–Kier alpha value is -4.33. The number of aryl methyl sites for hydroxylation is 2. The van der Waals surface area contributed by atoms with Crippen molar-refractivity contribution in [3.8, 4) is 0 Å². The van der Waals surface area contributed by atoms with Crippen LogP contribution in [-0.2, 0) is 9.59 Å². The number of carbonyl (C=O) groups is 3. The highest BCUT2D eigenvalue weighted by Gasteiger charge is 2.16. The van der Waals surface area contributed by atoms with Crippen LogP contribution in [0.4, 0.5) is 11.4 Å². The van der Waals surface area contributed by atoms with Crippen LogP contribution in [0.3, 0.4) is 0 Å². The van der Waals surface area contributed by atoms with Crippen molar-refractivity contribution < 1.29 is 14.4 Å². The first-order valence-electron chi connectivity index (χ1n) is 12.5. The van der Waals surface area contributed by atoms with E-state index < -0.39 is 5.91 Å². The van der Waals surface area contributed by atoms with Gasteiger partial charge in [-0.05, 0) is 79.1 Å². The maximum absolute atomic E-state index is 13.4. The minimum atomic E-state index is -0.469. The van der Waals surface area contributed by atoms with Crippen LogP contribution in [0.2, 0.25) is 5.02 Å². The number of benzene rings is 4. The summed E-state index contributed by atoms with van der Waals surface area (Å²) in [6.07, 6.45) is 1.66. The summed E-state index contributed by atoms with van der Waals surface area (Å²) in [7, 11) is 0. The predicted octanol–water partition coefficient (Wildman–Crippen LogP) is 7.10. The number of thioether (sulfide) groups is 1. The molecule has 0 aliphatic heterocycles. The molecule has 0 atom stereocenters. The minimum Gasteiger partial charge on any atom is -0.325 e. The van der Waals surface area contributed by atoms with E-state index in [-0.39, 0.29) is 23.3 Å². The van der Waals surface area contributed by atoms with Crippen molar-refractivity contribution in [3.05, 3.63) is 130 Å². The number of hydrogen-bond donors (Lipinski definition) is 3. The van der Waals surface area contributed by atoms with Crippen LogP contribution in [0, 0.1) is 13.8 Å². The van der Waals surface area contributed by atoms with Gasteiger partial charge in [-0.15, -0.1) is 11.8 Å². The van der Waals surface area contributed by atoms with E-state index in [0.29, 0.717) is 22.0 Å². The Morgan fingerprint density at radius 2 is 1.55 bits per heavy atom. The summed E-state index contributed by atoms with van der Waals surface area (Å²) in [5.74, 6) is -0.851. The van der Waals surface area contributed by atoms with Gasteiger partial charge in [0.1, 0.15) is 5.70 Å². The van der Waals surface area contributed by atoms with E-state index in [1.54, 1.807) is 60.7 Å². The van der Waals surface area contributed by atoms with Crippen molar-refractivity contribution in [2.24, 2.45) is 0 Å². The molecular formula is C32H28ClN3O3S. The third kappa shape index (κ3) is 8.09. The normalized spacial score (nSPS) is 11.0. The summed E-state index contributed by atoms with van der Waals surface area (Å²) in [6, 6.07) is 28.8. The topological polar surface area (TPSA) is 87.3 Å². The first kappa shape index (κ1) is 28.7. The molecule has 6 nitrogen and oxygen atoms in total. The molecule has 0 saturated heterocycles. The molecule has 202 valence electrons. The monoisotopic (exact) mass is 569 g/mol. The van der Waals surface area contributed by atoms with Crippen molar-refractivity contribution in [1.29, 1.82) is 0 Å². The lowest BCUT2D eigenvalue weighted by molar-refractivity contribution is -0.114. The third-order valence-corrected chi connectivity index (χ3v) is 7.18. The standard InChI is InChI=1S/C32H28ClN3O3S/c1-21-9-6-7-12-24(21)17-29(36-31(38)23-10-4-3-5-11-23)32(39)34-26-13-8-14-27(19-26)40-20-30(37)35-28-18-25(33)16-15-22(28)2/h3-19H,20H2,1-2H3,(H,34,39)(H,35,37)(H,36,38)/b29-17-. The second-order valence-corrected chi connectivity index (χ2v) is 10.5. The Kier molecular flexibility index (Phi) is 9.78. The number of amides is 3. The average Bonchev–Trinajstić information content (AvgIpc) is 2.95. The summed E-state index contributed by atoms with van der Waals surface area (Å²) in [4.78, 5) is 39.6. The SMILES string of the molecule is Cc1ccccc1/C=C(\NC(=O)c1ccccc1)C(=O)Nc1cccc(SCC(=O)Nc2cc(Cl)ccc2C)c1. The predicted molar refractivity (Wildman–Crippen MR) is 164 cm³/mol. The van der Waals surface area contributed by atoms with Gasteiger partial charge in [-0.3, -0.25) is 14.4 Å². The number of hydrogen-bond acceptors (Lipinski definition) is 4. The number of anilines is 2.